The maximum atomic E-state index is 9.34. The standard InChI is InChI=1S/C14H21Cl2NO3/c1-9(2)5-17-6-10-3-11(15)4-13(16)14(10)20-8-12(19)7-18/h3-4,9,12,17-19H,5-8H2,1-2H3. The van der Waals surface area contributed by atoms with Crippen LogP contribution in [0.3, 0.4) is 0 Å². The van der Waals surface area contributed by atoms with E-state index in [0.717, 1.165) is 12.1 Å². The first-order valence-electron chi connectivity index (χ1n) is 6.54. The van der Waals surface area contributed by atoms with Crippen molar-refractivity contribution in [2.45, 2.75) is 26.5 Å². The van der Waals surface area contributed by atoms with Crippen LogP contribution in [-0.4, -0.2) is 36.1 Å². The highest BCUT2D eigenvalue weighted by atomic mass is 35.5. The third-order valence-corrected chi connectivity index (χ3v) is 3.08. The van der Waals surface area contributed by atoms with Gasteiger partial charge in [-0.3, -0.25) is 0 Å². The minimum Gasteiger partial charge on any atom is -0.489 e. The fourth-order valence-electron chi connectivity index (χ4n) is 1.63. The highest BCUT2D eigenvalue weighted by molar-refractivity contribution is 6.35. The van der Waals surface area contributed by atoms with Crippen LogP contribution in [0.4, 0.5) is 0 Å². The molecule has 0 bridgehead atoms. The zero-order valence-electron chi connectivity index (χ0n) is 11.7. The molecule has 0 aliphatic carbocycles. The lowest BCUT2D eigenvalue weighted by Gasteiger charge is -2.16. The Morgan fingerprint density at radius 1 is 1.30 bits per heavy atom. The summed E-state index contributed by atoms with van der Waals surface area (Å²) in [5, 5.41) is 22.4. The Labute approximate surface area is 129 Å². The van der Waals surface area contributed by atoms with Crippen molar-refractivity contribution in [1.29, 1.82) is 0 Å². The molecule has 0 aliphatic rings. The van der Waals surface area contributed by atoms with Gasteiger partial charge in [-0.25, -0.2) is 0 Å². The van der Waals surface area contributed by atoms with Crippen molar-refractivity contribution >= 4 is 23.2 Å². The van der Waals surface area contributed by atoms with E-state index in [2.05, 4.69) is 19.2 Å². The van der Waals surface area contributed by atoms with Crippen molar-refractivity contribution in [2.24, 2.45) is 5.92 Å². The van der Waals surface area contributed by atoms with Gasteiger partial charge in [0.1, 0.15) is 18.5 Å². The van der Waals surface area contributed by atoms with E-state index in [0.29, 0.717) is 28.3 Å². The molecule has 0 radical (unpaired) electrons. The molecule has 1 aromatic rings. The van der Waals surface area contributed by atoms with Crippen molar-refractivity contribution in [3.8, 4) is 5.75 Å². The summed E-state index contributed by atoms with van der Waals surface area (Å²) in [5.74, 6) is 1.02. The van der Waals surface area contributed by atoms with Crippen LogP contribution in [0.2, 0.25) is 10.0 Å². The van der Waals surface area contributed by atoms with E-state index in [1.807, 2.05) is 0 Å². The summed E-state index contributed by atoms with van der Waals surface area (Å²) >= 11 is 12.1. The topological polar surface area (TPSA) is 61.7 Å². The number of aliphatic hydroxyl groups is 2. The van der Waals surface area contributed by atoms with Gasteiger partial charge in [0.2, 0.25) is 0 Å². The molecule has 0 spiro atoms. The highest BCUT2D eigenvalue weighted by Gasteiger charge is 2.13. The van der Waals surface area contributed by atoms with Gasteiger partial charge in [-0.05, 0) is 24.6 Å². The van der Waals surface area contributed by atoms with Gasteiger partial charge >= 0.3 is 0 Å². The fourth-order valence-corrected chi connectivity index (χ4v) is 2.22. The molecule has 1 unspecified atom stereocenters. The molecule has 0 aliphatic heterocycles. The molecule has 1 atom stereocenters. The first kappa shape index (κ1) is 17.5. The fraction of sp³-hybridized carbons (Fsp3) is 0.571. The molecule has 0 heterocycles. The molecule has 6 heteroatoms. The van der Waals surface area contributed by atoms with Crippen LogP contribution in [-0.2, 0) is 6.54 Å². The first-order chi connectivity index (χ1) is 9.43. The Morgan fingerprint density at radius 3 is 2.60 bits per heavy atom. The Bertz CT molecular complexity index is 427. The Morgan fingerprint density at radius 2 is 2.00 bits per heavy atom. The highest BCUT2D eigenvalue weighted by Crippen LogP contribution is 2.32. The molecule has 1 rings (SSSR count). The number of halogens is 2. The quantitative estimate of drug-likeness (QED) is 0.688. The van der Waals surface area contributed by atoms with Crippen molar-refractivity contribution in [1.82, 2.24) is 5.32 Å². The molecule has 0 saturated carbocycles. The molecule has 3 N–H and O–H groups in total. The van der Waals surface area contributed by atoms with Gasteiger partial charge in [0.05, 0.1) is 11.6 Å². The molecule has 1 aromatic carbocycles. The van der Waals surface area contributed by atoms with Crippen LogP contribution >= 0.6 is 23.2 Å². The van der Waals surface area contributed by atoms with Crippen molar-refractivity contribution in [2.75, 3.05) is 19.8 Å². The van der Waals surface area contributed by atoms with E-state index in [1.54, 1.807) is 12.1 Å². The van der Waals surface area contributed by atoms with Crippen LogP contribution in [0.15, 0.2) is 12.1 Å². The molecule has 0 saturated heterocycles. The van der Waals surface area contributed by atoms with Gasteiger partial charge in [0, 0.05) is 17.1 Å². The van der Waals surface area contributed by atoms with E-state index in [-0.39, 0.29) is 13.2 Å². The van der Waals surface area contributed by atoms with E-state index >= 15 is 0 Å². The number of nitrogens with one attached hydrogen (secondary N) is 1. The summed E-state index contributed by atoms with van der Waals surface area (Å²) in [4.78, 5) is 0. The van der Waals surface area contributed by atoms with Gasteiger partial charge in [-0.1, -0.05) is 37.0 Å². The maximum absolute atomic E-state index is 9.34. The second kappa shape index (κ2) is 8.70. The lowest BCUT2D eigenvalue weighted by Crippen LogP contribution is -2.23. The van der Waals surface area contributed by atoms with Gasteiger partial charge < -0.3 is 20.3 Å². The van der Waals surface area contributed by atoms with E-state index in [4.69, 9.17) is 33.0 Å². The molecule has 0 fully saturated rings. The first-order valence-corrected chi connectivity index (χ1v) is 7.30. The molecular weight excluding hydrogens is 301 g/mol. The Hall–Kier alpha value is -0.520. The lowest BCUT2D eigenvalue weighted by atomic mass is 10.1. The van der Waals surface area contributed by atoms with Crippen molar-refractivity contribution < 1.29 is 14.9 Å². The smallest absolute Gasteiger partial charge is 0.142 e. The normalized spacial score (nSPS) is 12.8. The lowest BCUT2D eigenvalue weighted by molar-refractivity contribution is 0.0533. The van der Waals surface area contributed by atoms with Crippen LogP contribution < -0.4 is 10.1 Å². The van der Waals surface area contributed by atoms with Crippen LogP contribution in [0.1, 0.15) is 19.4 Å². The number of hydrogen-bond donors (Lipinski definition) is 3. The Balaban J connectivity index is 2.78. The predicted molar refractivity (Wildman–Crippen MR) is 81.6 cm³/mol. The Kier molecular flexibility index (Phi) is 7.62. The third-order valence-electron chi connectivity index (χ3n) is 2.58. The predicted octanol–water partition coefficient (Wildman–Crippen LogP) is 2.47. The average molecular weight is 322 g/mol. The summed E-state index contributed by atoms with van der Waals surface area (Å²) in [6.07, 6.45) is -0.932. The molecule has 0 aromatic heterocycles. The van der Waals surface area contributed by atoms with Crippen molar-refractivity contribution in [3.63, 3.8) is 0 Å². The van der Waals surface area contributed by atoms with Crippen LogP contribution in [0.25, 0.3) is 0 Å². The molecule has 4 nitrogen and oxygen atoms in total. The third kappa shape index (κ3) is 5.85. The van der Waals surface area contributed by atoms with Gasteiger partial charge in [-0.2, -0.15) is 0 Å². The minimum atomic E-state index is -0.932. The molecule has 0 amide bonds. The molecule has 20 heavy (non-hydrogen) atoms. The summed E-state index contributed by atoms with van der Waals surface area (Å²) in [6, 6.07) is 3.37. The second-order valence-corrected chi connectivity index (χ2v) is 5.89. The van der Waals surface area contributed by atoms with Gasteiger partial charge in [0.25, 0.3) is 0 Å². The number of benzene rings is 1. The maximum Gasteiger partial charge on any atom is 0.142 e. The molecule has 114 valence electrons. The van der Waals surface area contributed by atoms with Crippen LogP contribution in [0.5, 0.6) is 5.75 Å². The zero-order chi connectivity index (χ0) is 15.1. The monoisotopic (exact) mass is 321 g/mol. The largest absolute Gasteiger partial charge is 0.489 e. The SMILES string of the molecule is CC(C)CNCc1cc(Cl)cc(Cl)c1OCC(O)CO. The van der Waals surface area contributed by atoms with Crippen molar-refractivity contribution in [3.05, 3.63) is 27.7 Å². The molecular formula is C14H21Cl2NO3. The van der Waals surface area contributed by atoms with E-state index in [1.165, 1.54) is 0 Å². The summed E-state index contributed by atoms with van der Waals surface area (Å²) in [5.41, 5.74) is 0.827. The number of rotatable bonds is 8. The zero-order valence-corrected chi connectivity index (χ0v) is 13.2. The van der Waals surface area contributed by atoms with Gasteiger partial charge in [-0.15, -0.1) is 0 Å². The number of ether oxygens (including phenoxy) is 1. The number of aliphatic hydroxyl groups excluding tert-OH is 2. The second-order valence-electron chi connectivity index (χ2n) is 5.05. The van der Waals surface area contributed by atoms with Crippen LogP contribution in [0, 0.1) is 5.92 Å². The van der Waals surface area contributed by atoms with E-state index in [9.17, 15) is 5.11 Å². The number of hydrogen-bond acceptors (Lipinski definition) is 4. The van der Waals surface area contributed by atoms with Gasteiger partial charge in [0.15, 0.2) is 0 Å². The summed E-state index contributed by atoms with van der Waals surface area (Å²) in [7, 11) is 0. The minimum absolute atomic E-state index is 0.0188. The summed E-state index contributed by atoms with van der Waals surface area (Å²) < 4.78 is 5.49. The van der Waals surface area contributed by atoms with E-state index < -0.39 is 6.10 Å². The average Bonchev–Trinajstić information content (AvgIpc) is 2.36. The summed E-state index contributed by atoms with van der Waals surface area (Å²) in [6.45, 7) is 5.30.